The van der Waals surface area contributed by atoms with Gasteiger partial charge >= 0.3 is 0 Å². The molecule has 3 rings (SSSR count). The van der Waals surface area contributed by atoms with Crippen molar-refractivity contribution < 1.29 is 13.2 Å². The van der Waals surface area contributed by atoms with E-state index in [9.17, 15) is 8.42 Å². The average molecular weight is 448 g/mol. The van der Waals surface area contributed by atoms with Crippen LogP contribution in [-0.4, -0.2) is 22.1 Å². The van der Waals surface area contributed by atoms with Gasteiger partial charge in [-0.15, -0.1) is 6.58 Å². The van der Waals surface area contributed by atoms with Gasteiger partial charge in [0.15, 0.2) is 0 Å². The van der Waals surface area contributed by atoms with Crippen molar-refractivity contribution in [1.29, 1.82) is 0 Å². The van der Waals surface area contributed by atoms with Crippen LogP contribution in [0.3, 0.4) is 0 Å². The Morgan fingerprint density at radius 1 is 0.966 bits per heavy atom. The maximum atomic E-state index is 13.6. The first-order valence-corrected chi connectivity index (χ1v) is 10.9. The molecule has 0 radical (unpaired) electrons. The molecule has 0 aromatic heterocycles. The smallest absolute Gasteiger partial charge is 0.266 e. The average Bonchev–Trinajstić information content (AvgIpc) is 2.74. The van der Waals surface area contributed by atoms with Crippen molar-refractivity contribution in [2.45, 2.75) is 4.90 Å². The first-order chi connectivity index (χ1) is 13.9. The molecule has 0 aliphatic heterocycles. The lowest BCUT2D eigenvalue weighted by molar-refractivity contribution is 0.414. The van der Waals surface area contributed by atoms with Crippen LogP contribution in [0.15, 0.2) is 84.3 Å². The summed E-state index contributed by atoms with van der Waals surface area (Å²) < 4.78 is 33.5. The number of hydrogen-bond acceptors (Lipinski definition) is 3. The zero-order chi connectivity index (χ0) is 21.0. The maximum absolute atomic E-state index is 13.6. The molecule has 0 fully saturated rings. The topological polar surface area (TPSA) is 46.6 Å². The van der Waals surface area contributed by atoms with Crippen LogP contribution < -0.4 is 9.04 Å². The molecule has 0 heterocycles. The third kappa shape index (κ3) is 4.13. The molecular formula is C22H19Cl2NO3S. The number of methoxy groups -OCH3 is 1. The maximum Gasteiger partial charge on any atom is 0.266 e. The highest BCUT2D eigenvalue weighted by Gasteiger charge is 2.30. The molecular weight excluding hydrogens is 429 g/mol. The Hall–Kier alpha value is -2.47. The van der Waals surface area contributed by atoms with Gasteiger partial charge in [0.25, 0.3) is 10.0 Å². The summed E-state index contributed by atoms with van der Waals surface area (Å²) in [6.07, 6.45) is 1.53. The molecule has 0 aliphatic rings. The molecule has 4 nitrogen and oxygen atoms in total. The number of para-hydroxylation sites is 1. The number of anilines is 1. The van der Waals surface area contributed by atoms with E-state index in [1.165, 1.54) is 29.6 Å². The van der Waals surface area contributed by atoms with Crippen LogP contribution in [0.1, 0.15) is 0 Å². The predicted octanol–water partition coefficient (Wildman–Crippen LogP) is 6.05. The normalized spacial score (nSPS) is 11.1. The van der Waals surface area contributed by atoms with E-state index >= 15 is 0 Å². The van der Waals surface area contributed by atoms with Crippen molar-refractivity contribution in [3.63, 3.8) is 0 Å². The fourth-order valence-electron chi connectivity index (χ4n) is 2.99. The molecule has 0 bridgehead atoms. The Balaban J connectivity index is 2.20. The van der Waals surface area contributed by atoms with Crippen molar-refractivity contribution in [3.05, 3.63) is 89.4 Å². The van der Waals surface area contributed by atoms with Crippen LogP contribution in [0.25, 0.3) is 11.1 Å². The summed E-state index contributed by atoms with van der Waals surface area (Å²) in [7, 11) is -2.60. The monoisotopic (exact) mass is 447 g/mol. The summed E-state index contributed by atoms with van der Waals surface area (Å²) >= 11 is 12.5. The van der Waals surface area contributed by atoms with Crippen molar-refractivity contribution in [3.8, 4) is 16.9 Å². The van der Waals surface area contributed by atoms with E-state index in [2.05, 4.69) is 6.58 Å². The van der Waals surface area contributed by atoms with Crippen LogP contribution in [-0.2, 0) is 10.0 Å². The minimum atomic E-state index is -4.03. The molecule has 0 saturated carbocycles. The number of sulfonamides is 1. The van der Waals surface area contributed by atoms with Crippen LogP contribution in [0.5, 0.6) is 5.75 Å². The van der Waals surface area contributed by atoms with Crippen molar-refractivity contribution in [2.24, 2.45) is 0 Å². The molecule has 0 atom stereocenters. The summed E-state index contributed by atoms with van der Waals surface area (Å²) in [6.45, 7) is 3.78. The van der Waals surface area contributed by atoms with Crippen molar-refractivity contribution >= 4 is 38.9 Å². The minimum absolute atomic E-state index is 0.0464. The van der Waals surface area contributed by atoms with Crippen LogP contribution in [0.4, 0.5) is 5.69 Å². The molecule has 29 heavy (non-hydrogen) atoms. The van der Waals surface area contributed by atoms with Crippen molar-refractivity contribution in [2.75, 3.05) is 18.0 Å². The summed E-state index contributed by atoms with van der Waals surface area (Å²) in [5.41, 5.74) is 2.18. The van der Waals surface area contributed by atoms with Crippen LogP contribution in [0, 0.1) is 0 Å². The zero-order valence-electron chi connectivity index (χ0n) is 15.7. The van der Waals surface area contributed by atoms with Gasteiger partial charge in [-0.2, -0.15) is 0 Å². The summed E-state index contributed by atoms with van der Waals surface area (Å²) in [6, 6.07) is 19.7. The number of ether oxygens (including phenoxy) is 1. The van der Waals surface area contributed by atoms with E-state index in [0.717, 1.165) is 11.1 Å². The second kappa shape index (κ2) is 8.91. The van der Waals surface area contributed by atoms with Crippen LogP contribution >= 0.6 is 23.2 Å². The Kier molecular flexibility index (Phi) is 6.52. The van der Waals surface area contributed by atoms with Gasteiger partial charge in [-0.1, -0.05) is 77.8 Å². The van der Waals surface area contributed by atoms with Gasteiger partial charge in [0.05, 0.1) is 24.4 Å². The van der Waals surface area contributed by atoms with E-state index in [-0.39, 0.29) is 21.5 Å². The lowest BCUT2D eigenvalue weighted by Crippen LogP contribution is -2.32. The number of hydrogen-bond donors (Lipinski definition) is 0. The highest BCUT2D eigenvalue weighted by atomic mass is 35.5. The van der Waals surface area contributed by atoms with Gasteiger partial charge in [0, 0.05) is 5.56 Å². The first kappa shape index (κ1) is 21.2. The van der Waals surface area contributed by atoms with E-state index in [4.69, 9.17) is 27.9 Å². The predicted molar refractivity (Wildman–Crippen MR) is 120 cm³/mol. The largest absolute Gasteiger partial charge is 0.495 e. The van der Waals surface area contributed by atoms with Gasteiger partial charge in [-0.25, -0.2) is 8.42 Å². The van der Waals surface area contributed by atoms with E-state index in [1.54, 1.807) is 12.1 Å². The van der Waals surface area contributed by atoms with Crippen LogP contribution in [0.2, 0.25) is 10.0 Å². The molecule has 0 unspecified atom stereocenters. The zero-order valence-corrected chi connectivity index (χ0v) is 18.0. The number of nitrogens with zero attached hydrogens (tertiary/aromatic N) is 1. The number of rotatable bonds is 7. The van der Waals surface area contributed by atoms with E-state index in [0.29, 0.717) is 11.4 Å². The Labute approximate surface area is 181 Å². The number of benzene rings is 3. The second-order valence-electron chi connectivity index (χ2n) is 6.10. The van der Waals surface area contributed by atoms with Crippen molar-refractivity contribution in [1.82, 2.24) is 0 Å². The molecule has 0 aliphatic carbocycles. The van der Waals surface area contributed by atoms with Gasteiger partial charge in [0.2, 0.25) is 0 Å². The molecule has 0 spiro atoms. The summed E-state index contributed by atoms with van der Waals surface area (Å²) in [5.74, 6) is 0.301. The fraction of sp³-hybridized carbons (Fsp3) is 0.0909. The lowest BCUT2D eigenvalue weighted by Gasteiger charge is -2.26. The first-order valence-electron chi connectivity index (χ1n) is 8.72. The Bertz CT molecular complexity index is 1130. The number of halogens is 2. The van der Waals surface area contributed by atoms with E-state index in [1.807, 2.05) is 42.5 Å². The quantitative estimate of drug-likeness (QED) is 0.414. The lowest BCUT2D eigenvalue weighted by atomic mass is 10.0. The molecule has 0 N–H and O–H groups in total. The molecule has 150 valence electrons. The summed E-state index contributed by atoms with van der Waals surface area (Å²) in [5, 5.41) is -0.0394. The SMILES string of the molecule is C=CCN(c1ccccc1-c1ccccc1)S(=O)(=O)c1ccc(OC)c(Cl)c1Cl. The second-order valence-corrected chi connectivity index (χ2v) is 8.69. The highest BCUT2D eigenvalue weighted by Crippen LogP contribution is 2.40. The van der Waals surface area contributed by atoms with Gasteiger partial charge in [0.1, 0.15) is 15.7 Å². The molecule has 3 aromatic rings. The fourth-order valence-corrected chi connectivity index (χ4v) is 5.26. The molecule has 0 saturated heterocycles. The van der Waals surface area contributed by atoms with Gasteiger partial charge < -0.3 is 4.74 Å². The molecule has 3 aromatic carbocycles. The van der Waals surface area contributed by atoms with Gasteiger partial charge in [-0.3, -0.25) is 4.31 Å². The molecule has 7 heteroatoms. The van der Waals surface area contributed by atoms with Gasteiger partial charge in [-0.05, 0) is 23.8 Å². The third-order valence-corrected chi connectivity index (χ3v) is 7.15. The minimum Gasteiger partial charge on any atom is -0.495 e. The molecule has 0 amide bonds. The standard InChI is InChI=1S/C22H19Cl2NO3S/c1-3-15-25(18-12-8-7-11-17(18)16-9-5-4-6-10-16)29(26,27)20-14-13-19(28-2)21(23)22(20)24/h3-14H,1,15H2,2H3. The summed E-state index contributed by atoms with van der Waals surface area (Å²) in [4.78, 5) is -0.102. The Morgan fingerprint density at radius 3 is 2.28 bits per heavy atom. The van der Waals surface area contributed by atoms with E-state index < -0.39 is 10.0 Å². The third-order valence-electron chi connectivity index (χ3n) is 4.35. The highest BCUT2D eigenvalue weighted by molar-refractivity contribution is 7.93. The Morgan fingerprint density at radius 2 is 1.62 bits per heavy atom.